The molecule has 134 valence electrons. The monoisotopic (exact) mass is 342 g/mol. The highest BCUT2D eigenvalue weighted by Crippen LogP contribution is 2.21. The van der Waals surface area contributed by atoms with Crippen molar-refractivity contribution in [2.75, 3.05) is 13.2 Å². The van der Waals surface area contributed by atoms with Gasteiger partial charge in [0.05, 0.1) is 6.04 Å². The molecule has 0 spiro atoms. The van der Waals surface area contributed by atoms with Gasteiger partial charge in [0.25, 0.3) is 11.8 Å². The van der Waals surface area contributed by atoms with Gasteiger partial charge in [0.15, 0.2) is 0 Å². The van der Waals surface area contributed by atoms with Crippen LogP contribution in [0.1, 0.15) is 46.5 Å². The van der Waals surface area contributed by atoms with Crippen molar-refractivity contribution in [1.29, 1.82) is 0 Å². The third-order valence-electron chi connectivity index (χ3n) is 3.57. The molecular weight excluding hydrogens is 320 g/mol. The highest BCUT2D eigenvalue weighted by molar-refractivity contribution is 6.01. The molecule has 0 aromatic carbocycles. The van der Waals surface area contributed by atoms with E-state index in [4.69, 9.17) is 9.47 Å². The summed E-state index contributed by atoms with van der Waals surface area (Å²) in [4.78, 5) is 52.6. The van der Waals surface area contributed by atoms with Crippen LogP contribution in [0.15, 0.2) is 0 Å². The third-order valence-corrected chi connectivity index (χ3v) is 3.57. The van der Waals surface area contributed by atoms with Gasteiger partial charge in [-0.3, -0.25) is 14.4 Å². The highest BCUT2D eigenvalue weighted by atomic mass is 16.8. The Kier molecular flexibility index (Phi) is 5.30. The van der Waals surface area contributed by atoms with E-state index in [0.29, 0.717) is 18.0 Å². The molecular formula is C15H22N2O7. The summed E-state index contributed by atoms with van der Waals surface area (Å²) in [6.45, 7) is 5.74. The minimum absolute atomic E-state index is 0.0150. The van der Waals surface area contributed by atoms with Crippen LogP contribution in [0.25, 0.3) is 0 Å². The lowest BCUT2D eigenvalue weighted by Crippen LogP contribution is -2.42. The van der Waals surface area contributed by atoms with Crippen molar-refractivity contribution in [2.45, 2.75) is 58.1 Å². The Morgan fingerprint density at radius 3 is 2.38 bits per heavy atom. The standard InChI is InChI=1S/C15H22N2O7/c1-15(2,3)23-13(20)16-8-4-5-10(16)9-22-14(21)24-17-11(18)6-7-12(17)19/h10H,4-9H2,1-3H3/t10-/m0/s1. The molecule has 0 aromatic heterocycles. The van der Waals surface area contributed by atoms with Gasteiger partial charge in [0.1, 0.15) is 12.2 Å². The quantitative estimate of drug-likeness (QED) is 0.567. The molecule has 2 rings (SSSR count). The van der Waals surface area contributed by atoms with Crippen molar-refractivity contribution in [2.24, 2.45) is 0 Å². The molecule has 9 nitrogen and oxygen atoms in total. The van der Waals surface area contributed by atoms with E-state index < -0.39 is 29.7 Å². The minimum atomic E-state index is -1.14. The number of rotatable bonds is 3. The van der Waals surface area contributed by atoms with E-state index in [9.17, 15) is 19.2 Å². The first-order chi connectivity index (χ1) is 11.2. The molecule has 2 fully saturated rings. The molecule has 3 amide bonds. The molecule has 0 unspecified atom stereocenters. The van der Waals surface area contributed by atoms with Crippen LogP contribution < -0.4 is 0 Å². The molecule has 0 bridgehead atoms. The van der Waals surface area contributed by atoms with Gasteiger partial charge in [-0.05, 0) is 33.6 Å². The first-order valence-electron chi connectivity index (χ1n) is 7.87. The molecule has 0 N–H and O–H groups in total. The zero-order valence-electron chi connectivity index (χ0n) is 14.1. The average molecular weight is 342 g/mol. The number of hydrogen-bond donors (Lipinski definition) is 0. The molecule has 2 heterocycles. The molecule has 2 aliphatic heterocycles. The van der Waals surface area contributed by atoms with Gasteiger partial charge in [0, 0.05) is 19.4 Å². The molecule has 1 atom stereocenters. The van der Waals surface area contributed by atoms with Crippen molar-refractivity contribution in [1.82, 2.24) is 9.96 Å². The molecule has 24 heavy (non-hydrogen) atoms. The van der Waals surface area contributed by atoms with E-state index >= 15 is 0 Å². The minimum Gasteiger partial charge on any atom is -0.444 e. The summed E-state index contributed by atoms with van der Waals surface area (Å²) in [5.41, 5.74) is -0.611. The Balaban J connectivity index is 1.82. The third kappa shape index (κ3) is 4.59. The Bertz CT molecular complexity index is 524. The lowest BCUT2D eigenvalue weighted by atomic mass is 10.2. The number of carbonyl (C=O) groups is 4. The molecule has 0 aliphatic carbocycles. The van der Waals surface area contributed by atoms with E-state index in [0.717, 1.165) is 6.42 Å². The lowest BCUT2D eigenvalue weighted by molar-refractivity contribution is -0.177. The summed E-state index contributed by atoms with van der Waals surface area (Å²) in [7, 11) is 0. The van der Waals surface area contributed by atoms with Crippen LogP contribution in [0.4, 0.5) is 9.59 Å². The number of amides is 3. The van der Waals surface area contributed by atoms with Crippen molar-refractivity contribution < 1.29 is 33.5 Å². The largest absolute Gasteiger partial charge is 0.534 e. The van der Waals surface area contributed by atoms with Gasteiger partial charge in [-0.15, -0.1) is 0 Å². The van der Waals surface area contributed by atoms with Crippen LogP contribution in [0.5, 0.6) is 0 Å². The fraction of sp³-hybridized carbons (Fsp3) is 0.733. The average Bonchev–Trinajstić information content (AvgIpc) is 3.05. The van der Waals surface area contributed by atoms with E-state index in [1.54, 1.807) is 20.8 Å². The maximum absolute atomic E-state index is 12.1. The number of nitrogens with zero attached hydrogens (tertiary/aromatic N) is 2. The van der Waals surface area contributed by atoms with Gasteiger partial charge in [-0.2, -0.15) is 0 Å². The van der Waals surface area contributed by atoms with Crippen molar-refractivity contribution in [3.05, 3.63) is 0 Å². The Morgan fingerprint density at radius 1 is 1.17 bits per heavy atom. The van der Waals surface area contributed by atoms with Crippen LogP contribution in [0.3, 0.4) is 0 Å². The Labute approximate surface area is 139 Å². The normalized spacial score (nSPS) is 21.2. The second kappa shape index (κ2) is 7.06. The second-order valence-electron chi connectivity index (χ2n) is 6.70. The topological polar surface area (TPSA) is 102 Å². The van der Waals surface area contributed by atoms with Crippen LogP contribution in [0.2, 0.25) is 0 Å². The predicted octanol–water partition coefficient (Wildman–Crippen LogP) is 1.60. The molecule has 0 aromatic rings. The first kappa shape index (κ1) is 18.0. The van der Waals surface area contributed by atoms with Crippen LogP contribution in [0, 0.1) is 0 Å². The fourth-order valence-corrected chi connectivity index (χ4v) is 2.49. The van der Waals surface area contributed by atoms with Gasteiger partial charge in [0.2, 0.25) is 0 Å². The van der Waals surface area contributed by atoms with Crippen molar-refractivity contribution in [3.63, 3.8) is 0 Å². The summed E-state index contributed by atoms with van der Waals surface area (Å²) in [6.07, 6.45) is -0.150. The number of imide groups is 1. The van der Waals surface area contributed by atoms with Crippen molar-refractivity contribution in [3.8, 4) is 0 Å². The van der Waals surface area contributed by atoms with E-state index in [-0.39, 0.29) is 25.5 Å². The van der Waals surface area contributed by atoms with Crippen LogP contribution in [-0.4, -0.2) is 58.8 Å². The van der Waals surface area contributed by atoms with E-state index in [1.165, 1.54) is 4.90 Å². The van der Waals surface area contributed by atoms with E-state index in [2.05, 4.69) is 4.84 Å². The van der Waals surface area contributed by atoms with Gasteiger partial charge >= 0.3 is 12.2 Å². The lowest BCUT2D eigenvalue weighted by Gasteiger charge is -2.28. The summed E-state index contributed by atoms with van der Waals surface area (Å²) < 4.78 is 10.3. The second-order valence-corrected chi connectivity index (χ2v) is 6.70. The molecule has 9 heteroatoms. The van der Waals surface area contributed by atoms with Crippen molar-refractivity contribution >= 4 is 24.1 Å². The van der Waals surface area contributed by atoms with Gasteiger partial charge < -0.3 is 14.4 Å². The molecule has 0 saturated carbocycles. The summed E-state index contributed by atoms with van der Waals surface area (Å²) in [5.74, 6) is -1.15. The maximum atomic E-state index is 12.1. The van der Waals surface area contributed by atoms with Crippen LogP contribution >= 0.6 is 0 Å². The first-order valence-corrected chi connectivity index (χ1v) is 7.87. The zero-order valence-corrected chi connectivity index (χ0v) is 14.1. The highest BCUT2D eigenvalue weighted by Gasteiger charge is 2.35. The summed E-state index contributed by atoms with van der Waals surface area (Å²) >= 11 is 0. The number of hydroxylamine groups is 2. The number of ether oxygens (including phenoxy) is 2. The number of likely N-dealkylation sites (tertiary alicyclic amines) is 1. The molecule has 2 aliphatic rings. The summed E-state index contributed by atoms with van der Waals surface area (Å²) in [5, 5.41) is 0.419. The zero-order chi connectivity index (χ0) is 17.9. The SMILES string of the molecule is CC(C)(C)OC(=O)N1CCC[C@H]1COC(=O)ON1C(=O)CCC1=O. The van der Waals surface area contributed by atoms with Gasteiger partial charge in [-0.25, -0.2) is 9.59 Å². The van der Waals surface area contributed by atoms with Crippen LogP contribution in [-0.2, 0) is 23.9 Å². The molecule has 0 radical (unpaired) electrons. The summed E-state index contributed by atoms with van der Waals surface area (Å²) in [6, 6.07) is -0.322. The maximum Gasteiger partial charge on any atom is 0.534 e. The predicted molar refractivity (Wildman–Crippen MR) is 79.5 cm³/mol. The fourth-order valence-electron chi connectivity index (χ4n) is 2.49. The number of hydrogen-bond acceptors (Lipinski definition) is 7. The smallest absolute Gasteiger partial charge is 0.444 e. The Morgan fingerprint density at radius 2 is 1.79 bits per heavy atom. The van der Waals surface area contributed by atoms with E-state index in [1.807, 2.05) is 0 Å². The molecule has 2 saturated heterocycles. The number of carbonyl (C=O) groups excluding carboxylic acids is 4. The Hall–Kier alpha value is -2.32. The van der Waals surface area contributed by atoms with Gasteiger partial charge in [-0.1, -0.05) is 5.06 Å².